The number of carboxylic acids is 1. The highest BCUT2D eigenvalue weighted by Crippen LogP contribution is 2.29. The Labute approximate surface area is 106 Å². The molecule has 6 heteroatoms. The van der Waals surface area contributed by atoms with E-state index in [0.29, 0.717) is 0 Å². The summed E-state index contributed by atoms with van der Waals surface area (Å²) in [4.78, 5) is 21.4. The minimum atomic E-state index is -0.728. The van der Waals surface area contributed by atoms with Crippen LogP contribution in [0.2, 0.25) is 0 Å². The van der Waals surface area contributed by atoms with Gasteiger partial charge in [-0.15, -0.1) is 0 Å². The van der Waals surface area contributed by atoms with Crippen LogP contribution in [0.4, 0.5) is 11.8 Å². The van der Waals surface area contributed by atoms with E-state index in [1.165, 1.54) is 0 Å². The first-order valence-electron chi connectivity index (χ1n) is 6.21. The Morgan fingerprint density at radius 1 is 1.67 bits per heavy atom. The molecule has 1 aliphatic rings. The number of hydrogen-bond acceptors (Lipinski definition) is 5. The highest BCUT2D eigenvalue weighted by atomic mass is 16.4. The smallest absolute Gasteiger partial charge is 0.308 e. The lowest BCUT2D eigenvalue weighted by molar-refractivity contribution is -0.143. The Bertz CT molecular complexity index is 438. The number of nitrogens with zero attached hydrogens (tertiary/aromatic N) is 3. The largest absolute Gasteiger partial charge is 0.481 e. The van der Waals surface area contributed by atoms with E-state index in [1.54, 1.807) is 12.3 Å². The molecule has 0 bridgehead atoms. The molecule has 1 saturated heterocycles. The van der Waals surface area contributed by atoms with Crippen LogP contribution in [-0.4, -0.2) is 33.6 Å². The molecule has 1 aromatic heterocycles. The second-order valence-corrected chi connectivity index (χ2v) is 4.53. The van der Waals surface area contributed by atoms with Gasteiger partial charge in [0.05, 0.1) is 5.92 Å². The molecule has 0 amide bonds. The van der Waals surface area contributed by atoms with Crippen molar-refractivity contribution in [2.45, 2.75) is 32.2 Å². The van der Waals surface area contributed by atoms with Crippen LogP contribution in [0.5, 0.6) is 0 Å². The van der Waals surface area contributed by atoms with Crippen molar-refractivity contribution in [3.05, 3.63) is 12.3 Å². The van der Waals surface area contributed by atoms with E-state index in [4.69, 9.17) is 5.73 Å². The minimum absolute atomic E-state index is 0.0226. The van der Waals surface area contributed by atoms with Crippen molar-refractivity contribution in [2.24, 2.45) is 5.92 Å². The predicted octanol–water partition coefficient (Wildman–Crippen LogP) is 1.14. The monoisotopic (exact) mass is 250 g/mol. The molecule has 2 rings (SSSR count). The summed E-state index contributed by atoms with van der Waals surface area (Å²) in [7, 11) is 0. The number of anilines is 2. The lowest BCUT2D eigenvalue weighted by atomic mass is 9.87. The van der Waals surface area contributed by atoms with Crippen molar-refractivity contribution in [2.75, 3.05) is 17.2 Å². The summed E-state index contributed by atoms with van der Waals surface area (Å²) in [5.41, 5.74) is 5.58. The second-order valence-electron chi connectivity index (χ2n) is 4.53. The van der Waals surface area contributed by atoms with Crippen LogP contribution in [0.25, 0.3) is 0 Å². The number of piperidine rings is 1. The molecular weight excluding hydrogens is 232 g/mol. The molecule has 1 fully saturated rings. The van der Waals surface area contributed by atoms with Gasteiger partial charge in [0.15, 0.2) is 0 Å². The number of nitrogens with two attached hydrogens (primary N) is 1. The first-order chi connectivity index (χ1) is 8.63. The first kappa shape index (κ1) is 12.6. The van der Waals surface area contributed by atoms with Crippen molar-refractivity contribution >= 4 is 17.7 Å². The summed E-state index contributed by atoms with van der Waals surface area (Å²) >= 11 is 0. The van der Waals surface area contributed by atoms with Crippen LogP contribution in [0.1, 0.15) is 26.2 Å². The summed E-state index contributed by atoms with van der Waals surface area (Å²) in [6, 6.07) is 1.76. The van der Waals surface area contributed by atoms with Crippen molar-refractivity contribution < 1.29 is 9.90 Å². The van der Waals surface area contributed by atoms with E-state index < -0.39 is 5.97 Å². The fourth-order valence-electron chi connectivity index (χ4n) is 2.66. The van der Waals surface area contributed by atoms with Gasteiger partial charge in [0.2, 0.25) is 5.95 Å². The maximum atomic E-state index is 11.3. The van der Waals surface area contributed by atoms with Gasteiger partial charge in [-0.2, -0.15) is 4.98 Å². The van der Waals surface area contributed by atoms with E-state index in [1.807, 2.05) is 11.8 Å². The number of aromatic nitrogens is 2. The van der Waals surface area contributed by atoms with E-state index in [9.17, 15) is 9.90 Å². The Balaban J connectivity index is 2.28. The minimum Gasteiger partial charge on any atom is -0.481 e. The van der Waals surface area contributed by atoms with Crippen molar-refractivity contribution in [1.82, 2.24) is 9.97 Å². The van der Waals surface area contributed by atoms with Gasteiger partial charge in [-0.25, -0.2) is 4.98 Å². The average molecular weight is 250 g/mol. The quantitative estimate of drug-likeness (QED) is 0.835. The molecular formula is C12H18N4O2. The van der Waals surface area contributed by atoms with Crippen LogP contribution in [-0.2, 0) is 4.79 Å². The lowest BCUT2D eigenvalue weighted by Crippen LogP contribution is -2.48. The van der Waals surface area contributed by atoms with E-state index in [0.717, 1.165) is 31.6 Å². The van der Waals surface area contributed by atoms with Gasteiger partial charge < -0.3 is 15.7 Å². The van der Waals surface area contributed by atoms with E-state index in [-0.39, 0.29) is 17.9 Å². The van der Waals surface area contributed by atoms with Gasteiger partial charge in [0.25, 0.3) is 0 Å². The maximum Gasteiger partial charge on any atom is 0.308 e. The summed E-state index contributed by atoms with van der Waals surface area (Å²) in [6.07, 6.45) is 3.97. The zero-order valence-corrected chi connectivity index (χ0v) is 10.4. The zero-order valence-electron chi connectivity index (χ0n) is 10.4. The third-order valence-electron chi connectivity index (χ3n) is 3.47. The van der Waals surface area contributed by atoms with Crippen LogP contribution >= 0.6 is 0 Å². The van der Waals surface area contributed by atoms with Gasteiger partial charge in [-0.1, -0.05) is 6.92 Å². The van der Waals surface area contributed by atoms with Crippen LogP contribution < -0.4 is 10.6 Å². The highest BCUT2D eigenvalue weighted by Gasteiger charge is 2.35. The third kappa shape index (κ3) is 2.37. The molecule has 18 heavy (non-hydrogen) atoms. The molecule has 2 atom stereocenters. The number of aliphatic carboxylic acids is 1. The fourth-order valence-corrected chi connectivity index (χ4v) is 2.66. The van der Waals surface area contributed by atoms with Gasteiger partial charge in [-0.3, -0.25) is 4.79 Å². The highest BCUT2D eigenvalue weighted by molar-refractivity contribution is 5.72. The predicted molar refractivity (Wildman–Crippen MR) is 68.2 cm³/mol. The maximum absolute atomic E-state index is 11.3. The Morgan fingerprint density at radius 3 is 3.06 bits per heavy atom. The molecule has 0 aliphatic carbocycles. The average Bonchev–Trinajstić information content (AvgIpc) is 2.37. The standard InChI is InChI=1S/C12H18N4O2/c1-2-9-8(11(17)18)4-3-7-16(9)10-5-6-14-12(13)15-10/h5-6,8-9H,2-4,7H2,1H3,(H,17,18)(H2,13,14,15). The third-order valence-corrected chi connectivity index (χ3v) is 3.47. The summed E-state index contributed by atoms with van der Waals surface area (Å²) < 4.78 is 0. The fraction of sp³-hybridized carbons (Fsp3) is 0.583. The summed E-state index contributed by atoms with van der Waals surface area (Å²) in [5.74, 6) is -0.117. The van der Waals surface area contributed by atoms with Crippen molar-refractivity contribution in [3.63, 3.8) is 0 Å². The van der Waals surface area contributed by atoms with Crippen molar-refractivity contribution in [1.29, 1.82) is 0 Å². The molecule has 98 valence electrons. The van der Waals surface area contributed by atoms with Crippen LogP contribution in [0.15, 0.2) is 12.3 Å². The lowest BCUT2D eigenvalue weighted by Gasteiger charge is -2.39. The Hall–Kier alpha value is -1.85. The number of nitrogen functional groups attached to an aromatic ring is 1. The molecule has 0 saturated carbocycles. The normalized spacial score (nSPS) is 23.9. The van der Waals surface area contributed by atoms with Gasteiger partial charge in [-0.05, 0) is 25.3 Å². The molecule has 3 N–H and O–H groups in total. The van der Waals surface area contributed by atoms with Gasteiger partial charge in [0.1, 0.15) is 5.82 Å². The van der Waals surface area contributed by atoms with E-state index in [2.05, 4.69) is 9.97 Å². The number of carboxylic acid groups (broad SMARTS) is 1. The van der Waals surface area contributed by atoms with Crippen molar-refractivity contribution in [3.8, 4) is 0 Å². The number of hydrogen-bond donors (Lipinski definition) is 2. The molecule has 0 spiro atoms. The number of carbonyl (C=O) groups is 1. The van der Waals surface area contributed by atoms with Crippen LogP contribution in [0, 0.1) is 5.92 Å². The summed E-state index contributed by atoms with van der Waals surface area (Å²) in [5, 5.41) is 9.27. The van der Waals surface area contributed by atoms with E-state index >= 15 is 0 Å². The molecule has 0 radical (unpaired) electrons. The molecule has 1 aromatic rings. The summed E-state index contributed by atoms with van der Waals surface area (Å²) in [6.45, 7) is 2.82. The topological polar surface area (TPSA) is 92.3 Å². The van der Waals surface area contributed by atoms with Crippen LogP contribution in [0.3, 0.4) is 0 Å². The Kier molecular flexibility index (Phi) is 3.64. The van der Waals surface area contributed by atoms with Gasteiger partial charge >= 0.3 is 5.97 Å². The molecule has 0 aromatic carbocycles. The molecule has 1 aliphatic heterocycles. The van der Waals surface area contributed by atoms with Gasteiger partial charge in [0, 0.05) is 18.8 Å². The SMILES string of the molecule is CCC1C(C(=O)O)CCCN1c1ccnc(N)n1. The first-order valence-corrected chi connectivity index (χ1v) is 6.21. The molecule has 2 unspecified atom stereocenters. The number of rotatable bonds is 3. The Morgan fingerprint density at radius 2 is 2.44 bits per heavy atom. The molecule has 2 heterocycles. The second kappa shape index (κ2) is 5.20. The molecule has 6 nitrogen and oxygen atoms in total. The zero-order chi connectivity index (χ0) is 13.1.